The first-order valence-electron chi connectivity index (χ1n) is 9.87. The second kappa shape index (κ2) is 9.42. The van der Waals surface area contributed by atoms with Gasteiger partial charge in [0, 0.05) is 29.5 Å². The molecule has 1 heterocycles. The summed E-state index contributed by atoms with van der Waals surface area (Å²) in [5, 5.41) is 7.97. The summed E-state index contributed by atoms with van der Waals surface area (Å²) in [5.74, 6) is -0.0757. The molecule has 4 nitrogen and oxygen atoms in total. The fraction of sp³-hybridized carbons (Fsp3) is 0.120. The van der Waals surface area contributed by atoms with E-state index in [1.807, 2.05) is 65.5 Å². The van der Waals surface area contributed by atoms with Crippen molar-refractivity contribution in [3.8, 4) is 11.1 Å². The highest BCUT2D eigenvalue weighted by Gasteiger charge is 2.12. The van der Waals surface area contributed by atoms with Gasteiger partial charge in [-0.2, -0.15) is 5.10 Å². The number of halogens is 1. The maximum Gasteiger partial charge on any atom is 0.251 e. The quantitative estimate of drug-likeness (QED) is 0.449. The lowest BCUT2D eigenvalue weighted by atomic mass is 9.98. The van der Waals surface area contributed by atoms with Gasteiger partial charge in [0.25, 0.3) is 5.91 Å². The Morgan fingerprint density at radius 2 is 1.77 bits per heavy atom. The van der Waals surface area contributed by atoms with Gasteiger partial charge in [-0.05, 0) is 52.9 Å². The third-order valence-corrected chi connectivity index (χ3v) is 5.16. The smallest absolute Gasteiger partial charge is 0.251 e. The van der Waals surface area contributed by atoms with E-state index < -0.39 is 0 Å². The molecule has 0 atom stereocenters. The zero-order valence-corrected chi connectivity index (χ0v) is 17.2. The van der Waals surface area contributed by atoms with Crippen molar-refractivity contribution in [3.05, 3.63) is 113 Å². The zero-order valence-electron chi connectivity index (χ0n) is 16.5. The Morgan fingerprint density at radius 1 is 0.933 bits per heavy atom. The SMILES string of the molecule is O=C(NCCc1cccc(Cl)c1)c1ccccc1-c1ccc(Cn2cccn2)cc1. The van der Waals surface area contributed by atoms with Gasteiger partial charge in [0.15, 0.2) is 0 Å². The molecule has 0 aliphatic carbocycles. The minimum atomic E-state index is -0.0757. The number of benzene rings is 3. The molecule has 4 aromatic rings. The highest BCUT2D eigenvalue weighted by atomic mass is 35.5. The molecule has 4 rings (SSSR count). The van der Waals surface area contributed by atoms with Crippen LogP contribution in [-0.2, 0) is 13.0 Å². The predicted molar refractivity (Wildman–Crippen MR) is 121 cm³/mol. The van der Waals surface area contributed by atoms with Crippen molar-refractivity contribution >= 4 is 17.5 Å². The zero-order chi connectivity index (χ0) is 20.8. The van der Waals surface area contributed by atoms with Gasteiger partial charge in [-0.3, -0.25) is 9.48 Å². The fourth-order valence-electron chi connectivity index (χ4n) is 3.41. The van der Waals surface area contributed by atoms with Crippen LogP contribution in [0.3, 0.4) is 0 Å². The van der Waals surface area contributed by atoms with Crippen molar-refractivity contribution in [2.24, 2.45) is 0 Å². The van der Waals surface area contributed by atoms with Crippen molar-refractivity contribution in [3.63, 3.8) is 0 Å². The average Bonchev–Trinajstić information content (AvgIpc) is 3.27. The van der Waals surface area contributed by atoms with E-state index in [0.717, 1.165) is 35.2 Å². The molecule has 5 heteroatoms. The molecule has 0 bridgehead atoms. The van der Waals surface area contributed by atoms with Crippen LogP contribution in [0.1, 0.15) is 21.5 Å². The summed E-state index contributed by atoms with van der Waals surface area (Å²) in [6.45, 7) is 1.27. The van der Waals surface area contributed by atoms with E-state index in [1.54, 1.807) is 6.20 Å². The summed E-state index contributed by atoms with van der Waals surface area (Å²) < 4.78 is 1.89. The highest BCUT2D eigenvalue weighted by Crippen LogP contribution is 2.24. The molecular formula is C25H22ClN3O. The maximum atomic E-state index is 12.8. The van der Waals surface area contributed by atoms with Gasteiger partial charge in [0.2, 0.25) is 0 Å². The first-order valence-corrected chi connectivity index (χ1v) is 10.3. The van der Waals surface area contributed by atoms with E-state index in [2.05, 4.69) is 34.7 Å². The van der Waals surface area contributed by atoms with Crippen LogP contribution in [0.2, 0.25) is 5.02 Å². The van der Waals surface area contributed by atoms with Gasteiger partial charge in [0.1, 0.15) is 0 Å². The van der Waals surface area contributed by atoms with Gasteiger partial charge >= 0.3 is 0 Å². The lowest BCUT2D eigenvalue weighted by Gasteiger charge is -2.11. The van der Waals surface area contributed by atoms with Crippen LogP contribution in [0.5, 0.6) is 0 Å². The van der Waals surface area contributed by atoms with E-state index >= 15 is 0 Å². The van der Waals surface area contributed by atoms with E-state index in [1.165, 1.54) is 0 Å². The van der Waals surface area contributed by atoms with Crippen LogP contribution in [-0.4, -0.2) is 22.2 Å². The molecule has 0 saturated carbocycles. The van der Waals surface area contributed by atoms with Gasteiger partial charge in [-0.1, -0.05) is 66.2 Å². The van der Waals surface area contributed by atoms with Crippen LogP contribution in [0.4, 0.5) is 0 Å². The third-order valence-electron chi connectivity index (χ3n) is 4.93. The monoisotopic (exact) mass is 415 g/mol. The second-order valence-corrected chi connectivity index (χ2v) is 7.52. The summed E-state index contributed by atoms with van der Waals surface area (Å²) in [6.07, 6.45) is 4.45. The lowest BCUT2D eigenvalue weighted by molar-refractivity contribution is 0.0955. The van der Waals surface area contributed by atoms with Gasteiger partial charge in [0.05, 0.1) is 6.54 Å². The predicted octanol–water partition coefficient (Wildman–Crippen LogP) is 5.22. The number of amides is 1. The van der Waals surface area contributed by atoms with Crippen molar-refractivity contribution in [2.75, 3.05) is 6.54 Å². The second-order valence-electron chi connectivity index (χ2n) is 7.08. The highest BCUT2D eigenvalue weighted by molar-refractivity contribution is 6.30. The van der Waals surface area contributed by atoms with Crippen molar-refractivity contribution < 1.29 is 4.79 Å². The fourth-order valence-corrected chi connectivity index (χ4v) is 3.62. The summed E-state index contributed by atoms with van der Waals surface area (Å²) >= 11 is 6.03. The maximum absolute atomic E-state index is 12.8. The molecule has 0 spiro atoms. The topological polar surface area (TPSA) is 46.9 Å². The molecule has 150 valence electrons. The Kier molecular flexibility index (Phi) is 6.26. The van der Waals surface area contributed by atoms with Gasteiger partial charge in [-0.15, -0.1) is 0 Å². The number of carbonyl (C=O) groups excluding carboxylic acids is 1. The molecule has 30 heavy (non-hydrogen) atoms. The first kappa shape index (κ1) is 19.9. The molecule has 3 aromatic carbocycles. The molecule has 0 unspecified atom stereocenters. The molecular weight excluding hydrogens is 394 g/mol. The Labute approximate surface area is 181 Å². The molecule has 1 aromatic heterocycles. The molecule has 1 amide bonds. The number of nitrogens with one attached hydrogen (secondary N) is 1. The molecule has 0 radical (unpaired) electrons. The molecule has 0 aliphatic heterocycles. The van der Waals surface area contributed by atoms with Crippen LogP contribution in [0.15, 0.2) is 91.3 Å². The molecule has 1 N–H and O–H groups in total. The van der Waals surface area contributed by atoms with Crippen LogP contribution < -0.4 is 5.32 Å². The van der Waals surface area contributed by atoms with E-state index in [-0.39, 0.29) is 5.91 Å². The summed E-state index contributed by atoms with van der Waals surface area (Å²) in [7, 11) is 0. The van der Waals surface area contributed by atoms with Crippen molar-refractivity contribution in [1.29, 1.82) is 0 Å². The standard InChI is InChI=1S/C25H22ClN3O/c26-22-6-3-5-19(17-22)13-15-27-25(30)24-8-2-1-7-23(24)21-11-9-20(10-12-21)18-29-16-4-14-28-29/h1-12,14,16-17H,13,15,18H2,(H,27,30). The van der Waals surface area contributed by atoms with Crippen LogP contribution in [0.25, 0.3) is 11.1 Å². The summed E-state index contributed by atoms with van der Waals surface area (Å²) in [4.78, 5) is 12.8. The number of carbonyl (C=O) groups is 1. The van der Waals surface area contributed by atoms with Crippen molar-refractivity contribution in [1.82, 2.24) is 15.1 Å². The minimum Gasteiger partial charge on any atom is -0.352 e. The van der Waals surface area contributed by atoms with E-state index in [9.17, 15) is 4.79 Å². The molecule has 0 fully saturated rings. The number of hydrogen-bond donors (Lipinski definition) is 1. The third kappa shape index (κ3) is 4.97. The Morgan fingerprint density at radius 3 is 2.53 bits per heavy atom. The summed E-state index contributed by atoms with van der Waals surface area (Å²) in [5.41, 5.74) is 4.86. The number of hydrogen-bond acceptors (Lipinski definition) is 2. The average molecular weight is 416 g/mol. The molecule has 0 aliphatic rings. The number of rotatable bonds is 7. The Bertz CT molecular complexity index is 1120. The van der Waals surface area contributed by atoms with Crippen molar-refractivity contribution in [2.45, 2.75) is 13.0 Å². The lowest BCUT2D eigenvalue weighted by Crippen LogP contribution is -2.26. The van der Waals surface area contributed by atoms with Crippen LogP contribution in [0, 0.1) is 0 Å². The van der Waals surface area contributed by atoms with E-state index in [0.29, 0.717) is 17.1 Å². The normalized spacial score (nSPS) is 10.7. The Balaban J connectivity index is 1.44. The van der Waals surface area contributed by atoms with Gasteiger partial charge in [-0.25, -0.2) is 0 Å². The van der Waals surface area contributed by atoms with E-state index in [4.69, 9.17) is 11.6 Å². The van der Waals surface area contributed by atoms with Gasteiger partial charge < -0.3 is 5.32 Å². The first-order chi connectivity index (χ1) is 14.7. The number of aromatic nitrogens is 2. The molecule has 0 saturated heterocycles. The largest absolute Gasteiger partial charge is 0.352 e. The summed E-state index contributed by atoms with van der Waals surface area (Å²) in [6, 6.07) is 25.6. The van der Waals surface area contributed by atoms with Crippen LogP contribution >= 0.6 is 11.6 Å². The minimum absolute atomic E-state index is 0.0757. The Hall–Kier alpha value is -3.37. The number of nitrogens with zero attached hydrogens (tertiary/aromatic N) is 2.